The minimum Gasteiger partial charge on any atom is -0.481 e. The highest BCUT2D eigenvalue weighted by molar-refractivity contribution is 6.30. The van der Waals surface area contributed by atoms with Crippen LogP contribution in [0.25, 0.3) is 0 Å². The van der Waals surface area contributed by atoms with Gasteiger partial charge in [-0.3, -0.25) is 14.3 Å². The maximum atomic E-state index is 14.1. The molecule has 2 fully saturated rings. The van der Waals surface area contributed by atoms with Crippen molar-refractivity contribution in [3.63, 3.8) is 0 Å². The zero-order chi connectivity index (χ0) is 29.9. The summed E-state index contributed by atoms with van der Waals surface area (Å²) in [6.07, 6.45) is 3.75. The molecule has 2 aliphatic rings. The van der Waals surface area contributed by atoms with Crippen molar-refractivity contribution < 1.29 is 33.0 Å². The molecule has 4 rings (SSSR count). The zero-order valence-corrected chi connectivity index (χ0v) is 24.6. The molecule has 0 aliphatic carbocycles. The van der Waals surface area contributed by atoms with Gasteiger partial charge in [0.05, 0.1) is 23.8 Å². The number of nitrogens with zero attached hydrogens (tertiary/aromatic N) is 3. The van der Waals surface area contributed by atoms with Crippen molar-refractivity contribution in [1.29, 1.82) is 0 Å². The Labute approximate surface area is 244 Å². The van der Waals surface area contributed by atoms with Crippen LogP contribution in [0.4, 0.5) is 14.5 Å². The summed E-state index contributed by atoms with van der Waals surface area (Å²) in [6, 6.07) is 6.02. The number of piperidine rings is 1. The van der Waals surface area contributed by atoms with Gasteiger partial charge in [0, 0.05) is 42.6 Å². The lowest BCUT2D eigenvalue weighted by Gasteiger charge is -2.43. The molecule has 41 heavy (non-hydrogen) atoms. The van der Waals surface area contributed by atoms with E-state index in [0.717, 1.165) is 5.69 Å². The second-order valence-corrected chi connectivity index (χ2v) is 12.0. The number of likely N-dealkylation sites (tertiary alicyclic amines) is 1. The lowest BCUT2D eigenvalue weighted by atomic mass is 9.80. The summed E-state index contributed by atoms with van der Waals surface area (Å²) in [5.74, 6) is -1.95. The number of hydrogen-bond donors (Lipinski definition) is 2. The van der Waals surface area contributed by atoms with Gasteiger partial charge in [-0.2, -0.15) is 13.9 Å². The van der Waals surface area contributed by atoms with Crippen molar-refractivity contribution in [3.8, 4) is 5.75 Å². The van der Waals surface area contributed by atoms with Gasteiger partial charge in [-0.25, -0.2) is 0 Å². The molecular weight excluding hydrogens is 558 g/mol. The Balaban J connectivity index is 1.58. The number of carboxylic acids is 1. The second-order valence-electron chi connectivity index (χ2n) is 11.6. The fraction of sp³-hybridized carbons (Fsp3) is 0.621. The molecular formula is C29H39ClF2N4O5. The van der Waals surface area contributed by atoms with Crippen LogP contribution in [0.3, 0.4) is 0 Å². The van der Waals surface area contributed by atoms with Crippen molar-refractivity contribution >= 4 is 29.2 Å². The smallest absolute Gasteiger partial charge is 0.387 e. The molecule has 1 aromatic heterocycles. The number of amides is 1. The van der Waals surface area contributed by atoms with Crippen LogP contribution in [0, 0.1) is 11.8 Å². The number of rotatable bonds is 10. The molecule has 3 heterocycles. The Kier molecular flexibility index (Phi) is 9.92. The van der Waals surface area contributed by atoms with E-state index in [4.69, 9.17) is 16.3 Å². The summed E-state index contributed by atoms with van der Waals surface area (Å²) in [5.41, 5.74) is -0.183. The van der Waals surface area contributed by atoms with Gasteiger partial charge in [0.15, 0.2) is 5.75 Å². The Hall–Kier alpha value is -2.76. The number of aromatic nitrogens is 2. The number of halogens is 3. The quantitative estimate of drug-likeness (QED) is 0.368. The molecule has 2 unspecified atom stereocenters. The van der Waals surface area contributed by atoms with E-state index in [9.17, 15) is 23.5 Å². The Bertz CT molecular complexity index is 1210. The number of alkyl halides is 2. The molecule has 9 nitrogen and oxygen atoms in total. The van der Waals surface area contributed by atoms with E-state index < -0.39 is 29.9 Å². The SMILES string of the molecule is CC(C)c1ccnn1C1(C(=O)Nc2ccc(Cl)cc2OC(F)F)CCN(CC(C(=O)O)C2C[C@@H](C)O[C@@H](C)C2)CC1. The maximum absolute atomic E-state index is 14.1. The van der Waals surface area contributed by atoms with Crippen molar-refractivity contribution in [2.24, 2.45) is 11.8 Å². The van der Waals surface area contributed by atoms with Gasteiger partial charge in [0.25, 0.3) is 5.91 Å². The fourth-order valence-electron chi connectivity index (χ4n) is 6.27. The summed E-state index contributed by atoms with van der Waals surface area (Å²) in [4.78, 5) is 28.5. The number of carboxylic acid groups (broad SMARTS) is 1. The number of carbonyl (C=O) groups excluding carboxylic acids is 1. The topological polar surface area (TPSA) is 106 Å². The third kappa shape index (κ3) is 7.18. The first kappa shape index (κ1) is 31.2. The highest BCUT2D eigenvalue weighted by Gasteiger charge is 2.46. The maximum Gasteiger partial charge on any atom is 0.387 e. The number of hydrogen-bond acceptors (Lipinski definition) is 6. The van der Waals surface area contributed by atoms with Crippen LogP contribution in [0.1, 0.15) is 65.0 Å². The lowest BCUT2D eigenvalue weighted by Crippen LogP contribution is -2.55. The Morgan fingerprint density at radius 3 is 2.44 bits per heavy atom. The van der Waals surface area contributed by atoms with Gasteiger partial charge in [-0.05, 0) is 69.6 Å². The highest BCUT2D eigenvalue weighted by Crippen LogP contribution is 2.38. The molecule has 2 aliphatic heterocycles. The lowest BCUT2D eigenvalue weighted by molar-refractivity contribution is -0.149. The Morgan fingerprint density at radius 1 is 1.20 bits per heavy atom. The van der Waals surface area contributed by atoms with E-state index in [1.54, 1.807) is 10.9 Å². The van der Waals surface area contributed by atoms with Crippen LogP contribution >= 0.6 is 11.6 Å². The number of aliphatic carboxylic acids is 1. The first-order valence-electron chi connectivity index (χ1n) is 14.1. The summed E-state index contributed by atoms with van der Waals surface area (Å²) in [7, 11) is 0. The molecule has 2 saturated heterocycles. The molecule has 1 aromatic carbocycles. The molecule has 2 N–H and O–H groups in total. The predicted octanol–water partition coefficient (Wildman–Crippen LogP) is 5.60. The third-order valence-corrected chi connectivity index (χ3v) is 8.49. The van der Waals surface area contributed by atoms with E-state index in [0.29, 0.717) is 45.3 Å². The van der Waals surface area contributed by atoms with Gasteiger partial charge < -0.3 is 24.8 Å². The third-order valence-electron chi connectivity index (χ3n) is 8.26. The average Bonchev–Trinajstić information content (AvgIpc) is 3.39. The van der Waals surface area contributed by atoms with Gasteiger partial charge in [0.2, 0.25) is 0 Å². The van der Waals surface area contributed by atoms with Crippen molar-refractivity contribution in [3.05, 3.63) is 41.2 Å². The van der Waals surface area contributed by atoms with Crippen molar-refractivity contribution in [2.45, 2.75) is 83.7 Å². The molecule has 0 bridgehead atoms. The standard InChI is InChI=1S/C29H39ClF2N4O5/c1-17(2)24-7-10-33-36(24)29(27(39)34-23-6-5-21(30)15-25(23)41-28(31)32)8-11-35(12-9-29)16-22(26(37)38)20-13-18(3)40-19(4)14-20/h5-7,10,15,17-20,22,28H,8-9,11-14,16H2,1-4H3,(H,34,39)(H,37,38)/t18-,19+,20?,22?. The molecule has 12 heteroatoms. The van der Waals surface area contributed by atoms with Crippen molar-refractivity contribution in [1.82, 2.24) is 14.7 Å². The molecule has 2 aromatic rings. The number of nitrogens with one attached hydrogen (secondary N) is 1. The number of ether oxygens (including phenoxy) is 2. The monoisotopic (exact) mass is 596 g/mol. The zero-order valence-electron chi connectivity index (χ0n) is 23.9. The van der Waals surface area contributed by atoms with Crippen LogP contribution in [0.5, 0.6) is 5.75 Å². The fourth-order valence-corrected chi connectivity index (χ4v) is 6.43. The van der Waals surface area contributed by atoms with E-state index in [2.05, 4.69) is 20.1 Å². The molecule has 0 saturated carbocycles. The largest absolute Gasteiger partial charge is 0.481 e. The van der Waals surface area contributed by atoms with E-state index in [1.165, 1.54) is 18.2 Å². The Morgan fingerprint density at radius 2 is 1.85 bits per heavy atom. The van der Waals surface area contributed by atoms with E-state index in [-0.39, 0.29) is 40.5 Å². The van der Waals surface area contributed by atoms with Crippen molar-refractivity contribution in [2.75, 3.05) is 25.0 Å². The van der Waals surface area contributed by atoms with Crippen LogP contribution in [-0.2, 0) is 19.9 Å². The predicted molar refractivity (Wildman–Crippen MR) is 151 cm³/mol. The molecule has 4 atom stereocenters. The van der Waals surface area contributed by atoms with Crippen LogP contribution in [0.15, 0.2) is 30.5 Å². The van der Waals surface area contributed by atoms with Gasteiger partial charge in [-0.1, -0.05) is 25.4 Å². The van der Waals surface area contributed by atoms with Crippen LogP contribution in [-0.4, -0.2) is 70.1 Å². The summed E-state index contributed by atoms with van der Waals surface area (Å²) < 4.78 is 38.4. The minimum absolute atomic E-state index is 0.00180. The molecule has 1 amide bonds. The number of carbonyl (C=O) groups is 2. The average molecular weight is 597 g/mol. The normalized spacial score (nSPS) is 23.9. The number of benzene rings is 1. The molecule has 0 radical (unpaired) electrons. The summed E-state index contributed by atoms with van der Waals surface area (Å²) >= 11 is 6.00. The van der Waals surface area contributed by atoms with E-state index >= 15 is 0 Å². The van der Waals surface area contributed by atoms with Gasteiger partial charge in [0.1, 0.15) is 5.54 Å². The molecule has 0 spiro atoms. The summed E-state index contributed by atoms with van der Waals surface area (Å²) in [6.45, 7) is 6.17. The van der Waals surface area contributed by atoms with Gasteiger partial charge in [-0.15, -0.1) is 0 Å². The van der Waals surface area contributed by atoms with E-state index in [1.807, 2.05) is 33.8 Å². The minimum atomic E-state index is -3.09. The first-order chi connectivity index (χ1) is 19.4. The molecule has 226 valence electrons. The second kappa shape index (κ2) is 13.0. The van der Waals surface area contributed by atoms with Gasteiger partial charge >= 0.3 is 12.6 Å². The first-order valence-corrected chi connectivity index (χ1v) is 14.5. The summed E-state index contributed by atoms with van der Waals surface area (Å²) in [5, 5.41) is 17.7. The number of anilines is 1. The van der Waals surface area contributed by atoms with Crippen LogP contribution in [0.2, 0.25) is 5.02 Å². The van der Waals surface area contributed by atoms with Crippen LogP contribution < -0.4 is 10.1 Å². The highest BCUT2D eigenvalue weighted by atomic mass is 35.5.